The summed E-state index contributed by atoms with van der Waals surface area (Å²) in [6.07, 6.45) is 0.926. The van der Waals surface area contributed by atoms with E-state index < -0.39 is 0 Å². The first-order chi connectivity index (χ1) is 8.70. The molecule has 0 saturated carbocycles. The fraction of sp³-hybridized carbons (Fsp3) is 0.500. The van der Waals surface area contributed by atoms with Crippen LogP contribution < -0.4 is 15.4 Å². The van der Waals surface area contributed by atoms with E-state index in [0.717, 1.165) is 24.3 Å². The molecule has 1 saturated heterocycles. The molecule has 2 unspecified atom stereocenters. The van der Waals surface area contributed by atoms with Gasteiger partial charge in [0.1, 0.15) is 5.75 Å². The van der Waals surface area contributed by atoms with Crippen molar-refractivity contribution in [2.24, 2.45) is 5.92 Å². The molecule has 0 aliphatic carbocycles. The molecule has 98 valence electrons. The number of nitrogens with one attached hydrogen (secondary N) is 2. The highest BCUT2D eigenvalue weighted by Crippen LogP contribution is 2.15. The van der Waals surface area contributed by atoms with Crippen LogP contribution in [0.1, 0.15) is 18.9 Å². The minimum atomic E-state index is 0.100. The zero-order valence-corrected chi connectivity index (χ0v) is 10.9. The van der Waals surface area contributed by atoms with Crippen LogP contribution in [0.15, 0.2) is 24.3 Å². The lowest BCUT2D eigenvalue weighted by Gasteiger charge is -2.15. The van der Waals surface area contributed by atoms with E-state index in [9.17, 15) is 4.79 Å². The highest BCUT2D eigenvalue weighted by Gasteiger charge is 2.28. The summed E-state index contributed by atoms with van der Waals surface area (Å²) >= 11 is 0. The van der Waals surface area contributed by atoms with Crippen molar-refractivity contribution in [3.8, 4) is 5.75 Å². The van der Waals surface area contributed by atoms with Gasteiger partial charge in [-0.05, 0) is 37.6 Å². The fourth-order valence-electron chi connectivity index (χ4n) is 2.28. The molecule has 0 aromatic heterocycles. The number of carbonyl (C=O) groups is 1. The molecule has 0 radical (unpaired) electrons. The van der Waals surface area contributed by atoms with Crippen LogP contribution >= 0.6 is 0 Å². The molecule has 18 heavy (non-hydrogen) atoms. The van der Waals surface area contributed by atoms with Crippen molar-refractivity contribution in [1.29, 1.82) is 0 Å². The molecule has 2 N–H and O–H groups in total. The maximum atomic E-state index is 12.0. The third-order valence-corrected chi connectivity index (χ3v) is 3.49. The predicted molar refractivity (Wildman–Crippen MR) is 70.4 cm³/mol. The van der Waals surface area contributed by atoms with E-state index in [1.165, 1.54) is 0 Å². The Hall–Kier alpha value is -1.55. The van der Waals surface area contributed by atoms with Crippen molar-refractivity contribution in [3.63, 3.8) is 0 Å². The molecule has 0 bridgehead atoms. The third-order valence-electron chi connectivity index (χ3n) is 3.49. The van der Waals surface area contributed by atoms with Crippen molar-refractivity contribution in [3.05, 3.63) is 29.8 Å². The second-order valence-electron chi connectivity index (χ2n) is 4.70. The minimum absolute atomic E-state index is 0.100. The van der Waals surface area contributed by atoms with Crippen molar-refractivity contribution in [2.45, 2.75) is 25.9 Å². The molecule has 1 aliphatic rings. The molecule has 1 aromatic rings. The van der Waals surface area contributed by atoms with Gasteiger partial charge in [-0.25, -0.2) is 0 Å². The van der Waals surface area contributed by atoms with Crippen LogP contribution in [-0.4, -0.2) is 25.6 Å². The van der Waals surface area contributed by atoms with E-state index >= 15 is 0 Å². The number of ether oxygens (including phenoxy) is 1. The van der Waals surface area contributed by atoms with Crippen LogP contribution in [0.25, 0.3) is 0 Å². The Bertz CT molecular complexity index is 403. The highest BCUT2D eigenvalue weighted by atomic mass is 16.5. The molecular formula is C14H20N2O2. The molecule has 1 heterocycles. The molecular weight excluding hydrogens is 228 g/mol. The molecule has 1 amide bonds. The van der Waals surface area contributed by atoms with E-state index in [1.807, 2.05) is 24.3 Å². The largest absolute Gasteiger partial charge is 0.497 e. The molecule has 1 fully saturated rings. The Morgan fingerprint density at radius 3 is 2.72 bits per heavy atom. The first-order valence-electron chi connectivity index (χ1n) is 6.34. The van der Waals surface area contributed by atoms with Gasteiger partial charge in [0.15, 0.2) is 0 Å². The predicted octanol–water partition coefficient (Wildman–Crippen LogP) is 1.31. The van der Waals surface area contributed by atoms with Gasteiger partial charge in [-0.1, -0.05) is 12.1 Å². The molecule has 4 nitrogen and oxygen atoms in total. The smallest absolute Gasteiger partial charge is 0.224 e. The van der Waals surface area contributed by atoms with Crippen molar-refractivity contribution >= 4 is 5.91 Å². The Kier molecular flexibility index (Phi) is 4.20. The van der Waals surface area contributed by atoms with Crippen LogP contribution in [0.5, 0.6) is 5.75 Å². The maximum absolute atomic E-state index is 12.0. The number of hydrogen-bond acceptors (Lipinski definition) is 3. The maximum Gasteiger partial charge on any atom is 0.224 e. The fourth-order valence-corrected chi connectivity index (χ4v) is 2.28. The Labute approximate surface area is 108 Å². The summed E-state index contributed by atoms with van der Waals surface area (Å²) in [5.41, 5.74) is 1.09. The lowest BCUT2D eigenvalue weighted by Crippen LogP contribution is -2.36. The zero-order valence-electron chi connectivity index (χ0n) is 10.9. The van der Waals surface area contributed by atoms with E-state index in [2.05, 4.69) is 17.6 Å². The molecule has 2 atom stereocenters. The van der Waals surface area contributed by atoms with E-state index in [4.69, 9.17) is 4.74 Å². The van der Waals surface area contributed by atoms with Gasteiger partial charge < -0.3 is 15.4 Å². The number of amides is 1. The van der Waals surface area contributed by atoms with Crippen LogP contribution in [0.2, 0.25) is 0 Å². The Balaban J connectivity index is 1.85. The van der Waals surface area contributed by atoms with Gasteiger partial charge in [-0.15, -0.1) is 0 Å². The first kappa shape index (κ1) is 12.9. The summed E-state index contributed by atoms with van der Waals surface area (Å²) in [5.74, 6) is 1.07. The van der Waals surface area contributed by atoms with Gasteiger partial charge >= 0.3 is 0 Å². The topological polar surface area (TPSA) is 50.4 Å². The van der Waals surface area contributed by atoms with Crippen molar-refractivity contribution < 1.29 is 9.53 Å². The summed E-state index contributed by atoms with van der Waals surface area (Å²) in [6.45, 7) is 3.57. The Morgan fingerprint density at radius 1 is 1.44 bits per heavy atom. The van der Waals surface area contributed by atoms with Crippen LogP contribution in [0.3, 0.4) is 0 Å². The molecule has 0 spiro atoms. The number of carbonyl (C=O) groups excluding carboxylic acids is 1. The number of benzene rings is 1. The monoisotopic (exact) mass is 248 g/mol. The third kappa shape index (κ3) is 3.01. The van der Waals surface area contributed by atoms with Gasteiger partial charge in [-0.2, -0.15) is 0 Å². The Morgan fingerprint density at radius 2 is 2.17 bits per heavy atom. The summed E-state index contributed by atoms with van der Waals surface area (Å²) in [7, 11) is 1.64. The standard InChI is InChI=1S/C14H20N2O2/c1-10-13(7-8-15-10)14(17)16-9-11-3-5-12(18-2)6-4-11/h3-6,10,13,15H,7-9H2,1-2H3,(H,16,17). The molecule has 1 aliphatic heterocycles. The van der Waals surface area contributed by atoms with Gasteiger partial charge in [0.2, 0.25) is 5.91 Å². The zero-order chi connectivity index (χ0) is 13.0. The first-order valence-corrected chi connectivity index (χ1v) is 6.34. The van der Waals surface area contributed by atoms with E-state index in [1.54, 1.807) is 7.11 Å². The van der Waals surface area contributed by atoms with Crippen molar-refractivity contribution in [2.75, 3.05) is 13.7 Å². The molecule has 1 aromatic carbocycles. The highest BCUT2D eigenvalue weighted by molar-refractivity contribution is 5.79. The average molecular weight is 248 g/mol. The summed E-state index contributed by atoms with van der Waals surface area (Å²) < 4.78 is 5.09. The minimum Gasteiger partial charge on any atom is -0.497 e. The quantitative estimate of drug-likeness (QED) is 0.844. The normalized spacial score (nSPS) is 22.8. The second kappa shape index (κ2) is 5.87. The van der Waals surface area contributed by atoms with Crippen LogP contribution in [0.4, 0.5) is 0 Å². The van der Waals surface area contributed by atoms with Gasteiger partial charge in [-0.3, -0.25) is 4.79 Å². The molecule has 2 rings (SSSR count). The summed E-state index contributed by atoms with van der Waals surface area (Å²) in [5, 5.41) is 6.28. The number of hydrogen-bond donors (Lipinski definition) is 2. The van der Waals surface area contributed by atoms with Crippen LogP contribution in [0, 0.1) is 5.92 Å². The van der Waals surface area contributed by atoms with Crippen LogP contribution in [-0.2, 0) is 11.3 Å². The van der Waals surface area contributed by atoms with E-state index in [0.29, 0.717) is 6.54 Å². The van der Waals surface area contributed by atoms with Gasteiger partial charge in [0, 0.05) is 12.6 Å². The average Bonchev–Trinajstić information content (AvgIpc) is 2.83. The second-order valence-corrected chi connectivity index (χ2v) is 4.70. The lowest BCUT2D eigenvalue weighted by atomic mass is 10.0. The lowest BCUT2D eigenvalue weighted by molar-refractivity contribution is -0.125. The van der Waals surface area contributed by atoms with Gasteiger partial charge in [0.05, 0.1) is 13.0 Å². The van der Waals surface area contributed by atoms with Crippen molar-refractivity contribution in [1.82, 2.24) is 10.6 Å². The SMILES string of the molecule is COc1ccc(CNC(=O)C2CCNC2C)cc1. The summed E-state index contributed by atoms with van der Waals surface area (Å²) in [4.78, 5) is 12.0. The number of methoxy groups -OCH3 is 1. The van der Waals surface area contributed by atoms with Gasteiger partial charge in [0.25, 0.3) is 0 Å². The van der Waals surface area contributed by atoms with E-state index in [-0.39, 0.29) is 17.9 Å². The number of rotatable bonds is 4. The summed E-state index contributed by atoms with van der Waals surface area (Å²) in [6, 6.07) is 8.02. The molecule has 4 heteroatoms.